The number of quaternary nitrogens is 1. The van der Waals surface area contributed by atoms with E-state index < -0.39 is 17.6 Å². The van der Waals surface area contributed by atoms with Crippen molar-refractivity contribution >= 4 is 34.8 Å². The van der Waals surface area contributed by atoms with Crippen LogP contribution in [0.1, 0.15) is 5.56 Å². The van der Waals surface area contributed by atoms with Crippen LogP contribution < -0.4 is 15.5 Å². The minimum Gasteiger partial charge on any atom is -0.322 e. The molecule has 0 aliphatic carbocycles. The van der Waals surface area contributed by atoms with Gasteiger partial charge in [0, 0.05) is 0 Å². The Balaban J connectivity index is 1.91. The third kappa shape index (κ3) is 6.26. The van der Waals surface area contributed by atoms with E-state index in [4.69, 9.17) is 11.6 Å². The van der Waals surface area contributed by atoms with Gasteiger partial charge < -0.3 is 15.5 Å². The highest BCUT2D eigenvalue weighted by Gasteiger charge is 2.33. The highest BCUT2D eigenvalue weighted by atomic mass is 35.5. The fourth-order valence-electron chi connectivity index (χ4n) is 2.40. The van der Waals surface area contributed by atoms with Gasteiger partial charge in [0.25, 0.3) is 11.8 Å². The number of anilines is 2. The summed E-state index contributed by atoms with van der Waals surface area (Å²) in [6, 6.07) is 11.4. The maximum absolute atomic E-state index is 13.0. The van der Waals surface area contributed by atoms with Crippen molar-refractivity contribution in [2.75, 3.05) is 30.8 Å². The van der Waals surface area contributed by atoms with Gasteiger partial charge in [-0.15, -0.1) is 0 Å². The Bertz CT molecular complexity index is 827. The molecule has 2 aromatic rings. The van der Waals surface area contributed by atoms with Crippen LogP contribution in [0.15, 0.2) is 48.5 Å². The van der Waals surface area contributed by atoms with Crippen molar-refractivity contribution in [2.45, 2.75) is 6.18 Å². The summed E-state index contributed by atoms with van der Waals surface area (Å²) in [5.74, 6) is -1.00. The summed E-state index contributed by atoms with van der Waals surface area (Å²) in [6.45, 7) is -0.234. The standard InChI is InChI=1S/C18H17ClF3N3O2/c1-25(11-17(27)24-15-9-5-3-7-13(15)19)10-16(26)23-14-8-4-2-6-12(14)18(20,21)22/h2-9H,10-11H2,1H3,(H,23,26)(H,24,27)/p+1. The summed E-state index contributed by atoms with van der Waals surface area (Å²) in [5.41, 5.74) is -0.795. The van der Waals surface area contributed by atoms with Gasteiger partial charge in [-0.1, -0.05) is 35.9 Å². The topological polar surface area (TPSA) is 62.6 Å². The van der Waals surface area contributed by atoms with E-state index in [1.54, 1.807) is 31.3 Å². The molecule has 0 spiro atoms. The third-order valence-electron chi connectivity index (χ3n) is 3.58. The van der Waals surface area contributed by atoms with Crippen LogP contribution in [-0.4, -0.2) is 32.0 Å². The molecule has 0 aliphatic heterocycles. The fraction of sp³-hybridized carbons (Fsp3) is 0.222. The number of amides is 2. The lowest BCUT2D eigenvalue weighted by molar-refractivity contribution is -0.862. The molecule has 9 heteroatoms. The Labute approximate surface area is 159 Å². The smallest absolute Gasteiger partial charge is 0.322 e. The van der Waals surface area contributed by atoms with Crippen molar-refractivity contribution in [3.8, 4) is 0 Å². The summed E-state index contributed by atoms with van der Waals surface area (Å²) in [7, 11) is 1.58. The predicted molar refractivity (Wildman–Crippen MR) is 96.8 cm³/mol. The molecule has 1 atom stereocenters. The van der Waals surface area contributed by atoms with Crippen LogP contribution in [0.5, 0.6) is 0 Å². The molecule has 3 N–H and O–H groups in total. The van der Waals surface area contributed by atoms with Gasteiger partial charge in [-0.3, -0.25) is 9.59 Å². The van der Waals surface area contributed by atoms with Crippen molar-refractivity contribution < 1.29 is 27.7 Å². The zero-order valence-electron chi connectivity index (χ0n) is 14.4. The average Bonchev–Trinajstić information content (AvgIpc) is 2.56. The first-order valence-corrected chi connectivity index (χ1v) is 8.36. The maximum Gasteiger partial charge on any atom is 0.418 e. The first-order chi connectivity index (χ1) is 12.7. The van der Waals surface area contributed by atoms with Gasteiger partial charge in [-0.05, 0) is 24.3 Å². The average molecular weight is 401 g/mol. The second-order valence-corrected chi connectivity index (χ2v) is 6.34. The molecule has 0 aromatic heterocycles. The molecule has 5 nitrogen and oxygen atoms in total. The number of hydrogen-bond donors (Lipinski definition) is 3. The van der Waals surface area contributed by atoms with Crippen LogP contribution in [0.25, 0.3) is 0 Å². The van der Waals surface area contributed by atoms with Crippen LogP contribution in [0.3, 0.4) is 0 Å². The van der Waals surface area contributed by atoms with Gasteiger partial charge in [0.2, 0.25) is 0 Å². The Morgan fingerprint density at radius 2 is 1.41 bits per heavy atom. The quantitative estimate of drug-likeness (QED) is 0.697. The lowest BCUT2D eigenvalue weighted by Gasteiger charge is -2.16. The summed E-state index contributed by atoms with van der Waals surface area (Å²) >= 11 is 5.95. The number of likely N-dealkylation sites (N-methyl/N-ethyl adjacent to an activating group) is 1. The Morgan fingerprint density at radius 3 is 1.96 bits per heavy atom. The second-order valence-electron chi connectivity index (χ2n) is 5.93. The number of para-hydroxylation sites is 2. The van der Waals surface area contributed by atoms with Crippen LogP contribution in [0.2, 0.25) is 5.02 Å². The second kappa shape index (κ2) is 8.88. The Kier molecular flexibility index (Phi) is 6.81. The number of alkyl halides is 3. The van der Waals surface area contributed by atoms with Crippen molar-refractivity contribution in [1.29, 1.82) is 0 Å². The molecule has 2 aromatic carbocycles. The maximum atomic E-state index is 13.0. The summed E-state index contributed by atoms with van der Waals surface area (Å²) < 4.78 is 38.9. The normalized spacial score (nSPS) is 12.3. The van der Waals surface area contributed by atoms with E-state index in [0.717, 1.165) is 6.07 Å². The number of nitrogens with one attached hydrogen (secondary N) is 3. The number of benzene rings is 2. The molecular weight excluding hydrogens is 383 g/mol. The summed E-state index contributed by atoms with van der Waals surface area (Å²) in [4.78, 5) is 24.6. The summed E-state index contributed by atoms with van der Waals surface area (Å²) in [6.07, 6.45) is -4.57. The van der Waals surface area contributed by atoms with E-state index in [9.17, 15) is 22.8 Å². The van der Waals surface area contributed by atoms with Gasteiger partial charge in [0.1, 0.15) is 0 Å². The molecule has 0 saturated carbocycles. The predicted octanol–water partition coefficient (Wildman–Crippen LogP) is 2.45. The van der Waals surface area contributed by atoms with Gasteiger partial charge in [-0.25, -0.2) is 0 Å². The lowest BCUT2D eigenvalue weighted by Crippen LogP contribution is -3.11. The molecule has 2 amide bonds. The van der Waals surface area contributed by atoms with Crippen LogP contribution in [0.4, 0.5) is 24.5 Å². The highest BCUT2D eigenvalue weighted by Crippen LogP contribution is 2.34. The van der Waals surface area contributed by atoms with E-state index in [0.29, 0.717) is 15.6 Å². The molecule has 1 unspecified atom stereocenters. The Hall–Kier alpha value is -2.58. The first kappa shape index (κ1) is 20.7. The number of hydrogen-bond acceptors (Lipinski definition) is 2. The molecule has 0 heterocycles. The molecule has 27 heavy (non-hydrogen) atoms. The lowest BCUT2D eigenvalue weighted by atomic mass is 10.1. The van der Waals surface area contributed by atoms with Crippen molar-refractivity contribution in [2.24, 2.45) is 0 Å². The molecular formula is C18H18ClF3N3O2+. The monoisotopic (exact) mass is 400 g/mol. The number of carbonyl (C=O) groups excluding carboxylic acids is 2. The molecule has 0 bridgehead atoms. The molecule has 0 fully saturated rings. The minimum atomic E-state index is -4.57. The zero-order valence-corrected chi connectivity index (χ0v) is 15.1. The third-order valence-corrected chi connectivity index (χ3v) is 3.91. The van der Waals surface area contributed by atoms with Crippen LogP contribution in [-0.2, 0) is 15.8 Å². The molecule has 0 aliphatic rings. The van der Waals surface area contributed by atoms with E-state index in [1.807, 2.05) is 0 Å². The van der Waals surface area contributed by atoms with Gasteiger partial charge in [0.05, 0.1) is 29.0 Å². The van der Waals surface area contributed by atoms with Gasteiger partial charge in [0.15, 0.2) is 13.1 Å². The molecule has 0 radical (unpaired) electrons. The van der Waals surface area contributed by atoms with Crippen molar-refractivity contribution in [3.63, 3.8) is 0 Å². The van der Waals surface area contributed by atoms with E-state index >= 15 is 0 Å². The van der Waals surface area contributed by atoms with E-state index in [1.165, 1.54) is 18.2 Å². The molecule has 0 saturated heterocycles. The minimum absolute atomic E-state index is 0.0560. The van der Waals surface area contributed by atoms with Crippen molar-refractivity contribution in [3.05, 3.63) is 59.1 Å². The van der Waals surface area contributed by atoms with Gasteiger partial charge in [-0.2, -0.15) is 13.2 Å². The summed E-state index contributed by atoms with van der Waals surface area (Å²) in [5, 5.41) is 5.25. The van der Waals surface area contributed by atoms with Crippen molar-refractivity contribution in [1.82, 2.24) is 0 Å². The Morgan fingerprint density at radius 1 is 0.926 bits per heavy atom. The SMILES string of the molecule is C[NH+](CC(=O)Nc1ccccc1Cl)CC(=O)Nc1ccccc1C(F)(F)F. The first-order valence-electron chi connectivity index (χ1n) is 7.98. The largest absolute Gasteiger partial charge is 0.418 e. The number of carbonyl (C=O) groups is 2. The number of rotatable bonds is 6. The highest BCUT2D eigenvalue weighted by molar-refractivity contribution is 6.33. The molecule has 2 rings (SSSR count). The van der Waals surface area contributed by atoms with E-state index in [-0.39, 0.29) is 24.7 Å². The number of halogens is 4. The fourth-order valence-corrected chi connectivity index (χ4v) is 2.58. The van der Waals surface area contributed by atoms with E-state index in [2.05, 4.69) is 10.6 Å². The van der Waals surface area contributed by atoms with Crippen LogP contribution in [0, 0.1) is 0 Å². The van der Waals surface area contributed by atoms with Crippen LogP contribution >= 0.6 is 11.6 Å². The molecule has 144 valence electrons. The zero-order chi connectivity index (χ0) is 20.0. The van der Waals surface area contributed by atoms with Gasteiger partial charge >= 0.3 is 6.18 Å².